The summed E-state index contributed by atoms with van der Waals surface area (Å²) < 4.78 is 44.1. The molecule has 0 aliphatic rings. The van der Waals surface area contributed by atoms with Crippen LogP contribution in [-0.4, -0.2) is 10.9 Å². The first-order chi connectivity index (χ1) is 15.7. The molecule has 0 saturated carbocycles. The molecule has 1 amide bonds. The highest BCUT2D eigenvalue weighted by Crippen LogP contribution is 2.33. The van der Waals surface area contributed by atoms with Gasteiger partial charge in [-0.05, 0) is 73.0 Å². The van der Waals surface area contributed by atoms with Gasteiger partial charge in [0.15, 0.2) is 0 Å². The molecule has 1 aromatic heterocycles. The number of pyridine rings is 1. The van der Waals surface area contributed by atoms with Gasteiger partial charge in [-0.2, -0.15) is 13.2 Å². The maximum Gasteiger partial charge on any atom is 0.416 e. The lowest BCUT2D eigenvalue weighted by Crippen LogP contribution is -2.27. The number of anilines is 1. The minimum Gasteiger partial charge on any atom is -0.457 e. The summed E-state index contributed by atoms with van der Waals surface area (Å²) in [5.74, 6) is 0.847. The van der Waals surface area contributed by atoms with Crippen LogP contribution in [0.15, 0.2) is 78.9 Å². The summed E-state index contributed by atoms with van der Waals surface area (Å²) >= 11 is 0. The largest absolute Gasteiger partial charge is 0.457 e. The number of fused-ring (bicyclic) bond motifs is 1. The highest BCUT2D eigenvalue weighted by molar-refractivity contribution is 6.00. The molecule has 0 spiro atoms. The third-order valence-electron chi connectivity index (χ3n) is 5.10. The Bertz CT molecular complexity index is 1300. The van der Waals surface area contributed by atoms with E-state index in [1.54, 1.807) is 48.5 Å². The number of nitrogens with two attached hydrogens (primary N) is 1. The average molecular weight is 451 g/mol. The van der Waals surface area contributed by atoms with Crippen LogP contribution in [0.3, 0.4) is 0 Å². The number of ether oxygens (including phenoxy) is 1. The summed E-state index contributed by atoms with van der Waals surface area (Å²) in [6.07, 6.45) is -4.41. The first kappa shape index (κ1) is 22.1. The Morgan fingerprint density at radius 1 is 1.00 bits per heavy atom. The van der Waals surface area contributed by atoms with Gasteiger partial charge in [-0.15, -0.1) is 0 Å². The van der Waals surface area contributed by atoms with Crippen LogP contribution in [0, 0.1) is 0 Å². The van der Waals surface area contributed by atoms with Crippen LogP contribution in [0.5, 0.6) is 11.5 Å². The summed E-state index contributed by atoms with van der Waals surface area (Å²) in [6, 6.07) is 19.8. The van der Waals surface area contributed by atoms with Crippen molar-refractivity contribution >= 4 is 22.5 Å². The van der Waals surface area contributed by atoms with Crippen molar-refractivity contribution in [3.8, 4) is 11.5 Å². The third-order valence-corrected chi connectivity index (χ3v) is 5.10. The number of nitrogens with one attached hydrogen (secondary N) is 1. The molecule has 8 heteroatoms. The standard InChI is InChI=1S/C25H20F3N3O2/c1-15(21-5-3-7-23(29)31-21)30-24(32)17-8-13-20-16(14-17)4-2-6-22(20)33-19-11-9-18(10-12-19)25(26,27)28/h2-15H,1H3,(H2,29,31)(H,30,32)/t15-/m1/s1. The van der Waals surface area contributed by atoms with E-state index in [1.807, 2.05) is 13.0 Å². The SMILES string of the molecule is C[C@@H](NC(=O)c1ccc2c(Oc3ccc(C(F)(F)F)cc3)cccc2c1)c1cccc(N)n1. The van der Waals surface area contributed by atoms with Gasteiger partial charge in [0.25, 0.3) is 5.91 Å². The van der Waals surface area contributed by atoms with Gasteiger partial charge in [0.1, 0.15) is 17.3 Å². The molecule has 4 aromatic rings. The Labute approximate surface area is 188 Å². The minimum absolute atomic E-state index is 0.275. The summed E-state index contributed by atoms with van der Waals surface area (Å²) in [6.45, 7) is 1.82. The van der Waals surface area contributed by atoms with Crippen LogP contribution >= 0.6 is 0 Å². The van der Waals surface area contributed by atoms with E-state index in [4.69, 9.17) is 10.5 Å². The Balaban J connectivity index is 1.53. The molecule has 168 valence electrons. The Kier molecular flexibility index (Phi) is 5.91. The van der Waals surface area contributed by atoms with Gasteiger partial charge in [-0.3, -0.25) is 4.79 Å². The molecule has 0 radical (unpaired) electrons. The van der Waals surface area contributed by atoms with Crippen LogP contribution in [0.2, 0.25) is 0 Å². The minimum atomic E-state index is -4.41. The van der Waals surface area contributed by atoms with Crippen molar-refractivity contribution in [2.75, 3.05) is 5.73 Å². The molecule has 0 saturated heterocycles. The molecule has 0 fully saturated rings. The van der Waals surface area contributed by atoms with E-state index in [2.05, 4.69) is 10.3 Å². The van der Waals surface area contributed by atoms with E-state index in [1.165, 1.54) is 12.1 Å². The van der Waals surface area contributed by atoms with E-state index in [-0.39, 0.29) is 17.7 Å². The highest BCUT2D eigenvalue weighted by Gasteiger charge is 2.30. The number of carbonyl (C=O) groups is 1. The van der Waals surface area contributed by atoms with Crippen molar-refractivity contribution in [2.24, 2.45) is 0 Å². The number of nitrogens with zero attached hydrogens (tertiary/aromatic N) is 1. The molecule has 4 rings (SSSR count). The van der Waals surface area contributed by atoms with E-state index in [0.717, 1.165) is 22.9 Å². The van der Waals surface area contributed by atoms with E-state index in [9.17, 15) is 18.0 Å². The normalized spacial score (nSPS) is 12.4. The molecule has 0 aliphatic carbocycles. The molecular weight excluding hydrogens is 431 g/mol. The molecular formula is C25H20F3N3O2. The van der Waals surface area contributed by atoms with Crippen molar-refractivity contribution in [3.05, 3.63) is 95.7 Å². The van der Waals surface area contributed by atoms with Crippen LogP contribution in [0.4, 0.5) is 19.0 Å². The number of hydrogen-bond acceptors (Lipinski definition) is 4. The number of alkyl halides is 3. The first-order valence-electron chi connectivity index (χ1n) is 10.1. The predicted molar refractivity (Wildman–Crippen MR) is 120 cm³/mol. The van der Waals surface area contributed by atoms with Gasteiger partial charge in [0.05, 0.1) is 17.3 Å². The Morgan fingerprint density at radius 2 is 1.73 bits per heavy atom. The Hall–Kier alpha value is -4.07. The van der Waals surface area contributed by atoms with Crippen LogP contribution in [-0.2, 0) is 6.18 Å². The average Bonchev–Trinajstić information content (AvgIpc) is 2.78. The zero-order valence-electron chi connectivity index (χ0n) is 17.6. The zero-order chi connectivity index (χ0) is 23.6. The van der Waals surface area contributed by atoms with Crippen molar-refractivity contribution in [1.82, 2.24) is 10.3 Å². The lowest BCUT2D eigenvalue weighted by atomic mass is 10.1. The smallest absolute Gasteiger partial charge is 0.416 e. The van der Waals surface area contributed by atoms with Crippen LogP contribution < -0.4 is 15.8 Å². The molecule has 3 N–H and O–H groups in total. The summed E-state index contributed by atoms with van der Waals surface area (Å²) in [4.78, 5) is 17.0. The quantitative estimate of drug-likeness (QED) is 0.383. The van der Waals surface area contributed by atoms with Gasteiger partial charge in [-0.1, -0.05) is 18.2 Å². The number of halogens is 3. The van der Waals surface area contributed by atoms with E-state index >= 15 is 0 Å². The lowest BCUT2D eigenvalue weighted by molar-refractivity contribution is -0.137. The van der Waals surface area contributed by atoms with E-state index < -0.39 is 11.7 Å². The Morgan fingerprint density at radius 3 is 2.42 bits per heavy atom. The molecule has 0 unspecified atom stereocenters. The molecule has 33 heavy (non-hydrogen) atoms. The van der Waals surface area contributed by atoms with Gasteiger partial charge in [0, 0.05) is 10.9 Å². The summed E-state index contributed by atoms with van der Waals surface area (Å²) in [5.41, 5.74) is 6.06. The fraction of sp³-hybridized carbons (Fsp3) is 0.120. The van der Waals surface area contributed by atoms with Crippen molar-refractivity contribution in [3.63, 3.8) is 0 Å². The number of benzene rings is 3. The number of nitrogen functional groups attached to an aromatic ring is 1. The van der Waals surface area contributed by atoms with Gasteiger partial charge >= 0.3 is 6.18 Å². The van der Waals surface area contributed by atoms with Gasteiger partial charge in [-0.25, -0.2) is 4.98 Å². The highest BCUT2D eigenvalue weighted by atomic mass is 19.4. The maximum atomic E-state index is 12.8. The second-order valence-electron chi connectivity index (χ2n) is 7.50. The summed E-state index contributed by atoms with van der Waals surface area (Å²) in [5, 5.41) is 4.37. The molecule has 0 aliphatic heterocycles. The number of aromatic nitrogens is 1. The fourth-order valence-electron chi connectivity index (χ4n) is 3.39. The van der Waals surface area contributed by atoms with Crippen molar-refractivity contribution in [1.29, 1.82) is 0 Å². The van der Waals surface area contributed by atoms with Gasteiger partial charge in [0.2, 0.25) is 0 Å². The van der Waals surface area contributed by atoms with Crippen LogP contribution in [0.1, 0.15) is 34.6 Å². The molecule has 3 aromatic carbocycles. The van der Waals surface area contributed by atoms with Crippen LogP contribution in [0.25, 0.3) is 10.8 Å². The number of carbonyl (C=O) groups excluding carboxylic acids is 1. The molecule has 1 atom stereocenters. The fourth-order valence-corrected chi connectivity index (χ4v) is 3.39. The number of hydrogen-bond donors (Lipinski definition) is 2. The van der Waals surface area contributed by atoms with Crippen molar-refractivity contribution < 1.29 is 22.7 Å². The number of amides is 1. The summed E-state index contributed by atoms with van der Waals surface area (Å²) in [7, 11) is 0. The second-order valence-corrected chi connectivity index (χ2v) is 7.50. The predicted octanol–water partition coefficient (Wildman–Crippen LogP) is 6.12. The van der Waals surface area contributed by atoms with Crippen molar-refractivity contribution in [2.45, 2.75) is 19.1 Å². The molecule has 1 heterocycles. The second kappa shape index (κ2) is 8.82. The lowest BCUT2D eigenvalue weighted by Gasteiger charge is -2.15. The third kappa shape index (κ3) is 5.06. The number of rotatable bonds is 5. The maximum absolute atomic E-state index is 12.8. The zero-order valence-corrected chi connectivity index (χ0v) is 17.6. The van der Waals surface area contributed by atoms with E-state index in [0.29, 0.717) is 22.8 Å². The topological polar surface area (TPSA) is 77.2 Å². The first-order valence-corrected chi connectivity index (χ1v) is 10.1. The van der Waals surface area contributed by atoms with Gasteiger partial charge < -0.3 is 15.8 Å². The molecule has 5 nitrogen and oxygen atoms in total. The monoisotopic (exact) mass is 451 g/mol. The molecule has 0 bridgehead atoms.